The van der Waals surface area contributed by atoms with Crippen LogP contribution in [-0.4, -0.2) is 10.9 Å². The first-order valence-corrected chi connectivity index (χ1v) is 6.16. The molecule has 1 atom stereocenters. The summed E-state index contributed by atoms with van der Waals surface area (Å²) in [5.74, 6) is -0.257. The fourth-order valence-corrected chi connectivity index (χ4v) is 1.90. The standard InChI is InChI=1S/C15H17N3O/c1-10-5-3-6-12(9-10)11(2)18-15(19)14-13(16)7-4-8-17-14/h3-9,11H,16H2,1-2H3,(H,18,19)/t11-/m0/s1. The molecule has 0 spiro atoms. The van der Waals surface area contributed by atoms with E-state index in [0.29, 0.717) is 5.69 Å². The molecule has 0 aliphatic rings. The predicted octanol–water partition coefficient (Wildman–Crippen LogP) is 2.46. The van der Waals surface area contributed by atoms with Crippen LogP contribution in [0.1, 0.15) is 34.6 Å². The molecule has 0 radical (unpaired) electrons. The van der Waals surface area contributed by atoms with Crippen molar-refractivity contribution in [2.24, 2.45) is 0 Å². The third kappa shape index (κ3) is 3.10. The van der Waals surface area contributed by atoms with E-state index in [0.717, 1.165) is 11.1 Å². The number of nitrogen functional groups attached to an aromatic ring is 1. The molecule has 0 bridgehead atoms. The van der Waals surface area contributed by atoms with Crippen LogP contribution in [0.3, 0.4) is 0 Å². The van der Waals surface area contributed by atoms with Gasteiger partial charge in [-0.1, -0.05) is 29.8 Å². The first-order chi connectivity index (χ1) is 9.08. The molecule has 4 heteroatoms. The number of nitrogens with one attached hydrogen (secondary N) is 1. The van der Waals surface area contributed by atoms with Gasteiger partial charge in [0, 0.05) is 6.20 Å². The molecule has 98 valence electrons. The third-order valence-electron chi connectivity index (χ3n) is 2.94. The average molecular weight is 255 g/mol. The number of carbonyl (C=O) groups excluding carboxylic acids is 1. The highest BCUT2D eigenvalue weighted by Crippen LogP contribution is 2.15. The normalized spacial score (nSPS) is 11.9. The number of amides is 1. The van der Waals surface area contributed by atoms with Crippen molar-refractivity contribution in [2.75, 3.05) is 5.73 Å². The largest absolute Gasteiger partial charge is 0.397 e. The Labute approximate surface area is 112 Å². The molecule has 0 fully saturated rings. The fourth-order valence-electron chi connectivity index (χ4n) is 1.90. The van der Waals surface area contributed by atoms with Crippen LogP contribution in [-0.2, 0) is 0 Å². The summed E-state index contributed by atoms with van der Waals surface area (Å²) >= 11 is 0. The van der Waals surface area contributed by atoms with Crippen molar-refractivity contribution in [3.63, 3.8) is 0 Å². The van der Waals surface area contributed by atoms with E-state index in [-0.39, 0.29) is 17.6 Å². The number of hydrogen-bond acceptors (Lipinski definition) is 3. The zero-order chi connectivity index (χ0) is 13.8. The minimum absolute atomic E-state index is 0.0891. The Bertz CT molecular complexity index is 595. The quantitative estimate of drug-likeness (QED) is 0.885. The number of aryl methyl sites for hydroxylation is 1. The summed E-state index contributed by atoms with van der Waals surface area (Å²) < 4.78 is 0. The number of anilines is 1. The lowest BCUT2D eigenvalue weighted by atomic mass is 10.1. The molecule has 4 nitrogen and oxygen atoms in total. The van der Waals surface area contributed by atoms with E-state index < -0.39 is 0 Å². The van der Waals surface area contributed by atoms with E-state index in [1.54, 1.807) is 18.3 Å². The van der Waals surface area contributed by atoms with Gasteiger partial charge in [0.1, 0.15) is 0 Å². The second-order valence-electron chi connectivity index (χ2n) is 4.55. The fraction of sp³-hybridized carbons (Fsp3) is 0.200. The van der Waals surface area contributed by atoms with Crippen LogP contribution in [0.5, 0.6) is 0 Å². The zero-order valence-corrected chi connectivity index (χ0v) is 11.1. The van der Waals surface area contributed by atoms with E-state index >= 15 is 0 Å². The maximum Gasteiger partial charge on any atom is 0.272 e. The lowest BCUT2D eigenvalue weighted by Crippen LogP contribution is -2.28. The third-order valence-corrected chi connectivity index (χ3v) is 2.94. The number of carbonyl (C=O) groups is 1. The highest BCUT2D eigenvalue weighted by molar-refractivity contribution is 5.97. The summed E-state index contributed by atoms with van der Waals surface area (Å²) in [6, 6.07) is 11.3. The van der Waals surface area contributed by atoms with E-state index in [2.05, 4.69) is 10.3 Å². The van der Waals surface area contributed by atoms with Crippen LogP contribution >= 0.6 is 0 Å². The van der Waals surface area contributed by atoms with E-state index in [1.807, 2.05) is 38.1 Å². The number of pyridine rings is 1. The van der Waals surface area contributed by atoms with E-state index in [9.17, 15) is 4.79 Å². The molecule has 2 rings (SSSR count). The first-order valence-electron chi connectivity index (χ1n) is 6.16. The molecule has 1 aromatic carbocycles. The Hall–Kier alpha value is -2.36. The molecule has 1 heterocycles. The van der Waals surface area contributed by atoms with Gasteiger partial charge in [-0.3, -0.25) is 4.79 Å². The van der Waals surface area contributed by atoms with Gasteiger partial charge in [0.25, 0.3) is 5.91 Å². The van der Waals surface area contributed by atoms with Crippen LogP contribution in [0.15, 0.2) is 42.6 Å². The van der Waals surface area contributed by atoms with Gasteiger partial charge in [-0.15, -0.1) is 0 Å². The van der Waals surface area contributed by atoms with Crippen LogP contribution in [0.2, 0.25) is 0 Å². The van der Waals surface area contributed by atoms with Crippen molar-refractivity contribution in [2.45, 2.75) is 19.9 Å². The summed E-state index contributed by atoms with van der Waals surface area (Å²) in [4.78, 5) is 16.1. The van der Waals surface area contributed by atoms with Crippen LogP contribution in [0.4, 0.5) is 5.69 Å². The van der Waals surface area contributed by atoms with Crippen LogP contribution in [0, 0.1) is 6.92 Å². The van der Waals surface area contributed by atoms with Gasteiger partial charge in [-0.25, -0.2) is 4.98 Å². The highest BCUT2D eigenvalue weighted by Gasteiger charge is 2.14. The smallest absolute Gasteiger partial charge is 0.272 e. The average Bonchev–Trinajstić information content (AvgIpc) is 2.39. The molecule has 0 unspecified atom stereocenters. The molecule has 19 heavy (non-hydrogen) atoms. The van der Waals surface area contributed by atoms with Gasteiger partial charge >= 0.3 is 0 Å². The molecular weight excluding hydrogens is 238 g/mol. The van der Waals surface area contributed by atoms with Gasteiger partial charge < -0.3 is 11.1 Å². The van der Waals surface area contributed by atoms with Crippen LogP contribution in [0.25, 0.3) is 0 Å². The van der Waals surface area contributed by atoms with E-state index in [1.165, 1.54) is 0 Å². The molecule has 3 N–H and O–H groups in total. The second kappa shape index (κ2) is 5.52. The summed E-state index contributed by atoms with van der Waals surface area (Å²) in [6.07, 6.45) is 1.56. The van der Waals surface area contributed by atoms with E-state index in [4.69, 9.17) is 5.73 Å². The van der Waals surface area contributed by atoms with Crippen LogP contribution < -0.4 is 11.1 Å². The van der Waals surface area contributed by atoms with Crippen molar-refractivity contribution < 1.29 is 4.79 Å². The van der Waals surface area contributed by atoms with Gasteiger partial charge in [0.05, 0.1) is 11.7 Å². The minimum atomic E-state index is -0.257. The topological polar surface area (TPSA) is 68.0 Å². The zero-order valence-electron chi connectivity index (χ0n) is 11.1. The summed E-state index contributed by atoms with van der Waals surface area (Å²) in [6.45, 7) is 3.96. The first kappa shape index (κ1) is 13.1. The Kier molecular flexibility index (Phi) is 3.80. The molecular formula is C15H17N3O. The Morgan fingerprint density at radius 1 is 1.32 bits per heavy atom. The Morgan fingerprint density at radius 3 is 2.79 bits per heavy atom. The maximum absolute atomic E-state index is 12.1. The number of hydrogen-bond donors (Lipinski definition) is 2. The van der Waals surface area contributed by atoms with Crippen molar-refractivity contribution >= 4 is 11.6 Å². The van der Waals surface area contributed by atoms with Crippen molar-refractivity contribution in [1.82, 2.24) is 10.3 Å². The number of nitrogens with two attached hydrogens (primary N) is 1. The molecule has 0 aliphatic heterocycles. The molecule has 2 aromatic rings. The van der Waals surface area contributed by atoms with Gasteiger partial charge in [-0.2, -0.15) is 0 Å². The summed E-state index contributed by atoms with van der Waals surface area (Å²) in [5, 5.41) is 2.90. The molecule has 0 saturated carbocycles. The lowest BCUT2D eigenvalue weighted by Gasteiger charge is -2.15. The number of aromatic nitrogens is 1. The Balaban J connectivity index is 2.13. The molecule has 1 aromatic heterocycles. The van der Waals surface area contributed by atoms with Gasteiger partial charge in [-0.05, 0) is 31.5 Å². The Morgan fingerprint density at radius 2 is 2.11 bits per heavy atom. The van der Waals surface area contributed by atoms with Crippen molar-refractivity contribution in [1.29, 1.82) is 0 Å². The maximum atomic E-state index is 12.1. The number of benzene rings is 1. The molecule has 0 saturated heterocycles. The molecule has 1 amide bonds. The minimum Gasteiger partial charge on any atom is -0.397 e. The lowest BCUT2D eigenvalue weighted by molar-refractivity contribution is 0.0936. The van der Waals surface area contributed by atoms with Gasteiger partial charge in [0.15, 0.2) is 5.69 Å². The van der Waals surface area contributed by atoms with Crippen molar-refractivity contribution in [3.05, 3.63) is 59.4 Å². The number of rotatable bonds is 3. The second-order valence-corrected chi connectivity index (χ2v) is 4.55. The molecule has 0 aliphatic carbocycles. The number of nitrogens with zero attached hydrogens (tertiary/aromatic N) is 1. The summed E-state index contributed by atoms with van der Waals surface area (Å²) in [7, 11) is 0. The van der Waals surface area contributed by atoms with Crippen molar-refractivity contribution in [3.8, 4) is 0 Å². The highest BCUT2D eigenvalue weighted by atomic mass is 16.1. The van der Waals surface area contributed by atoms with Gasteiger partial charge in [0.2, 0.25) is 0 Å². The SMILES string of the molecule is Cc1cccc([C@H](C)NC(=O)c2ncccc2N)c1. The summed E-state index contributed by atoms with van der Waals surface area (Å²) in [5.41, 5.74) is 8.61. The monoisotopic (exact) mass is 255 g/mol. The predicted molar refractivity (Wildman–Crippen MR) is 75.7 cm³/mol.